The maximum atomic E-state index is 12.9. The van der Waals surface area contributed by atoms with E-state index in [0.29, 0.717) is 17.2 Å². The van der Waals surface area contributed by atoms with Gasteiger partial charge in [0.2, 0.25) is 0 Å². The van der Waals surface area contributed by atoms with Crippen molar-refractivity contribution in [1.29, 1.82) is 0 Å². The molecule has 0 bridgehead atoms. The van der Waals surface area contributed by atoms with Gasteiger partial charge in [0, 0.05) is 30.2 Å². The number of carbonyl (C=O) groups is 1. The van der Waals surface area contributed by atoms with E-state index < -0.39 is 0 Å². The summed E-state index contributed by atoms with van der Waals surface area (Å²) in [5.41, 5.74) is 2.79. The fourth-order valence-electron chi connectivity index (χ4n) is 3.12. The molecule has 6 nitrogen and oxygen atoms in total. The van der Waals surface area contributed by atoms with Crippen molar-refractivity contribution in [3.63, 3.8) is 0 Å². The van der Waals surface area contributed by atoms with Gasteiger partial charge in [0.1, 0.15) is 17.3 Å². The van der Waals surface area contributed by atoms with Crippen LogP contribution in [0, 0.1) is 5.82 Å². The SMILES string of the molecule is O=C(Nc1ccc(N2CCCC2)cc1)c1cnc(Nc2ccc(F)cc2)cn1. The molecular formula is C21H20FN5O. The maximum absolute atomic E-state index is 12.9. The van der Waals surface area contributed by atoms with Gasteiger partial charge in [-0.25, -0.2) is 14.4 Å². The molecule has 28 heavy (non-hydrogen) atoms. The number of carbonyl (C=O) groups excluding carboxylic acids is 1. The molecule has 0 aliphatic carbocycles. The van der Waals surface area contributed by atoms with Gasteiger partial charge in [0.15, 0.2) is 0 Å². The van der Waals surface area contributed by atoms with Crippen molar-refractivity contribution in [1.82, 2.24) is 9.97 Å². The molecular weight excluding hydrogens is 357 g/mol. The third-order valence-corrected chi connectivity index (χ3v) is 4.60. The van der Waals surface area contributed by atoms with Crippen LogP contribution >= 0.6 is 0 Å². The van der Waals surface area contributed by atoms with E-state index in [1.165, 1.54) is 43.1 Å². The Kier molecular flexibility index (Phi) is 5.14. The summed E-state index contributed by atoms with van der Waals surface area (Å²) >= 11 is 0. The minimum Gasteiger partial charge on any atom is -0.372 e. The van der Waals surface area contributed by atoms with Crippen LogP contribution < -0.4 is 15.5 Å². The van der Waals surface area contributed by atoms with Crippen LogP contribution in [0.2, 0.25) is 0 Å². The van der Waals surface area contributed by atoms with Crippen LogP contribution in [0.15, 0.2) is 60.9 Å². The van der Waals surface area contributed by atoms with Crippen molar-refractivity contribution < 1.29 is 9.18 Å². The lowest BCUT2D eigenvalue weighted by atomic mass is 10.2. The number of aromatic nitrogens is 2. The first-order chi connectivity index (χ1) is 13.7. The Morgan fingerprint density at radius 1 is 0.893 bits per heavy atom. The second kappa shape index (κ2) is 8.04. The van der Waals surface area contributed by atoms with Crippen LogP contribution in [-0.2, 0) is 0 Å². The monoisotopic (exact) mass is 377 g/mol. The van der Waals surface area contributed by atoms with Gasteiger partial charge >= 0.3 is 0 Å². The van der Waals surface area contributed by atoms with E-state index in [2.05, 4.69) is 25.5 Å². The molecule has 0 saturated carbocycles. The lowest BCUT2D eigenvalue weighted by Crippen LogP contribution is -2.18. The molecule has 0 unspecified atom stereocenters. The molecule has 1 aromatic heterocycles. The zero-order valence-corrected chi connectivity index (χ0v) is 15.2. The predicted molar refractivity (Wildman–Crippen MR) is 108 cm³/mol. The number of benzene rings is 2. The first-order valence-electron chi connectivity index (χ1n) is 9.18. The topological polar surface area (TPSA) is 70.2 Å². The molecule has 4 rings (SSSR count). The number of anilines is 4. The molecule has 2 aromatic carbocycles. The molecule has 142 valence electrons. The molecule has 0 spiro atoms. The van der Waals surface area contributed by atoms with E-state index in [1.807, 2.05) is 24.3 Å². The van der Waals surface area contributed by atoms with Crippen molar-refractivity contribution >= 4 is 28.8 Å². The van der Waals surface area contributed by atoms with Crippen molar-refractivity contribution in [2.45, 2.75) is 12.8 Å². The summed E-state index contributed by atoms with van der Waals surface area (Å²) in [5.74, 6) is -0.162. The van der Waals surface area contributed by atoms with Gasteiger partial charge in [-0.15, -0.1) is 0 Å². The number of amides is 1. The number of hydrogen-bond donors (Lipinski definition) is 2. The molecule has 1 amide bonds. The van der Waals surface area contributed by atoms with Gasteiger partial charge < -0.3 is 15.5 Å². The Bertz CT molecular complexity index is 936. The molecule has 1 fully saturated rings. The first kappa shape index (κ1) is 17.9. The second-order valence-corrected chi connectivity index (χ2v) is 6.61. The summed E-state index contributed by atoms with van der Waals surface area (Å²) in [6.07, 6.45) is 5.32. The van der Waals surface area contributed by atoms with Gasteiger partial charge in [0.05, 0.1) is 12.4 Å². The molecule has 7 heteroatoms. The lowest BCUT2D eigenvalue weighted by Gasteiger charge is -2.17. The standard InChI is InChI=1S/C21H20FN5O/c22-15-3-5-16(6-4-15)25-20-14-23-19(13-24-20)21(28)26-17-7-9-18(10-8-17)27-11-1-2-12-27/h3-10,13-14H,1-2,11-12H2,(H,24,25)(H,26,28). The minimum atomic E-state index is -0.324. The average molecular weight is 377 g/mol. The van der Waals surface area contributed by atoms with E-state index in [1.54, 1.807) is 12.1 Å². The smallest absolute Gasteiger partial charge is 0.275 e. The van der Waals surface area contributed by atoms with E-state index in [0.717, 1.165) is 13.1 Å². The van der Waals surface area contributed by atoms with Crippen LogP contribution in [0.1, 0.15) is 23.3 Å². The number of nitrogens with zero attached hydrogens (tertiary/aromatic N) is 3. The Morgan fingerprint density at radius 2 is 1.57 bits per heavy atom. The highest BCUT2D eigenvalue weighted by Gasteiger charge is 2.13. The average Bonchev–Trinajstić information content (AvgIpc) is 3.26. The number of nitrogens with one attached hydrogen (secondary N) is 2. The van der Waals surface area contributed by atoms with Crippen LogP contribution in [0.5, 0.6) is 0 Å². The van der Waals surface area contributed by atoms with E-state index in [9.17, 15) is 9.18 Å². The van der Waals surface area contributed by atoms with E-state index in [-0.39, 0.29) is 17.4 Å². The Morgan fingerprint density at radius 3 is 2.21 bits per heavy atom. The molecule has 3 aromatic rings. The highest BCUT2D eigenvalue weighted by Crippen LogP contribution is 2.22. The first-order valence-corrected chi connectivity index (χ1v) is 9.18. The Labute approximate surface area is 162 Å². The zero-order valence-electron chi connectivity index (χ0n) is 15.2. The third-order valence-electron chi connectivity index (χ3n) is 4.60. The summed E-state index contributed by atoms with van der Waals surface area (Å²) in [6.45, 7) is 2.17. The van der Waals surface area contributed by atoms with Gasteiger partial charge in [-0.05, 0) is 61.4 Å². The number of halogens is 1. The lowest BCUT2D eigenvalue weighted by molar-refractivity contribution is 0.102. The fraction of sp³-hybridized carbons (Fsp3) is 0.190. The third kappa shape index (κ3) is 4.25. The van der Waals surface area contributed by atoms with Gasteiger partial charge in [-0.2, -0.15) is 0 Å². The van der Waals surface area contributed by atoms with Crippen molar-refractivity contribution in [3.05, 3.63) is 72.4 Å². The largest absolute Gasteiger partial charge is 0.372 e. The molecule has 2 heterocycles. The summed E-state index contributed by atoms with van der Waals surface area (Å²) in [7, 11) is 0. The summed E-state index contributed by atoms with van der Waals surface area (Å²) in [4.78, 5) is 23.1. The van der Waals surface area contributed by atoms with Gasteiger partial charge in [0.25, 0.3) is 5.91 Å². The predicted octanol–water partition coefficient (Wildman–Crippen LogP) is 4.21. The normalized spacial score (nSPS) is 13.4. The van der Waals surface area contributed by atoms with Gasteiger partial charge in [-0.3, -0.25) is 4.79 Å². The molecule has 0 atom stereocenters. The quantitative estimate of drug-likeness (QED) is 0.697. The molecule has 1 saturated heterocycles. The highest BCUT2D eigenvalue weighted by molar-refractivity contribution is 6.02. The molecule has 0 radical (unpaired) electrons. The van der Waals surface area contributed by atoms with Crippen LogP contribution in [0.3, 0.4) is 0 Å². The van der Waals surface area contributed by atoms with Crippen LogP contribution in [-0.4, -0.2) is 29.0 Å². The van der Waals surface area contributed by atoms with Crippen molar-refractivity contribution in [2.75, 3.05) is 28.6 Å². The van der Waals surface area contributed by atoms with Gasteiger partial charge in [-0.1, -0.05) is 0 Å². The Hall–Kier alpha value is -3.48. The second-order valence-electron chi connectivity index (χ2n) is 6.61. The summed E-state index contributed by atoms with van der Waals surface area (Å²) in [5, 5.41) is 5.83. The van der Waals surface area contributed by atoms with Crippen molar-refractivity contribution in [2.24, 2.45) is 0 Å². The molecule has 1 aliphatic rings. The van der Waals surface area contributed by atoms with E-state index in [4.69, 9.17) is 0 Å². The number of hydrogen-bond acceptors (Lipinski definition) is 5. The molecule has 2 N–H and O–H groups in total. The van der Waals surface area contributed by atoms with Crippen LogP contribution in [0.25, 0.3) is 0 Å². The molecule has 1 aliphatic heterocycles. The zero-order chi connectivity index (χ0) is 19.3. The number of rotatable bonds is 5. The summed E-state index contributed by atoms with van der Waals surface area (Å²) < 4.78 is 12.9. The minimum absolute atomic E-state index is 0.216. The maximum Gasteiger partial charge on any atom is 0.275 e. The van der Waals surface area contributed by atoms with Crippen molar-refractivity contribution in [3.8, 4) is 0 Å². The summed E-state index contributed by atoms with van der Waals surface area (Å²) in [6, 6.07) is 13.7. The van der Waals surface area contributed by atoms with E-state index >= 15 is 0 Å². The Balaban J connectivity index is 1.37. The fourth-order valence-corrected chi connectivity index (χ4v) is 3.12. The highest BCUT2D eigenvalue weighted by atomic mass is 19.1. The van der Waals surface area contributed by atoms with Crippen LogP contribution in [0.4, 0.5) is 27.3 Å².